The van der Waals surface area contributed by atoms with Crippen LogP contribution in [0.1, 0.15) is 25.7 Å². The summed E-state index contributed by atoms with van der Waals surface area (Å²) in [4.78, 5) is 25.5. The van der Waals surface area contributed by atoms with Gasteiger partial charge in [-0.15, -0.1) is 0 Å². The molecule has 2 aliphatic rings. The van der Waals surface area contributed by atoms with Crippen molar-refractivity contribution in [1.82, 2.24) is 14.9 Å². The Morgan fingerprint density at radius 1 is 0.875 bits per heavy atom. The van der Waals surface area contributed by atoms with Gasteiger partial charge >= 0.3 is 0 Å². The lowest BCUT2D eigenvalue weighted by molar-refractivity contribution is -0.170. The number of hydrazine groups is 1. The molecule has 0 unspecified atom stereocenters. The number of amides is 2. The predicted molar refractivity (Wildman–Crippen MR) is 59.4 cm³/mol. The van der Waals surface area contributed by atoms with Crippen molar-refractivity contribution in [2.45, 2.75) is 25.7 Å². The first kappa shape index (κ1) is 11.5. The van der Waals surface area contributed by atoms with Gasteiger partial charge in [-0.3, -0.25) is 14.5 Å². The molecule has 5 heteroatoms. The average molecular weight is 225 g/mol. The van der Waals surface area contributed by atoms with Gasteiger partial charge in [0.1, 0.15) is 0 Å². The van der Waals surface area contributed by atoms with Crippen LogP contribution in [0.25, 0.3) is 0 Å². The molecule has 2 saturated heterocycles. The fourth-order valence-electron chi connectivity index (χ4n) is 2.36. The van der Waals surface area contributed by atoms with Crippen LogP contribution >= 0.6 is 0 Å². The van der Waals surface area contributed by atoms with Gasteiger partial charge < -0.3 is 0 Å². The van der Waals surface area contributed by atoms with Gasteiger partial charge in [0.05, 0.1) is 13.1 Å². The number of likely N-dealkylation sites (N-methyl/N-ethyl adjacent to an activating group) is 1. The van der Waals surface area contributed by atoms with Gasteiger partial charge in [-0.05, 0) is 19.9 Å². The molecule has 2 heterocycles. The molecule has 0 bridgehead atoms. The van der Waals surface area contributed by atoms with Gasteiger partial charge in [0.2, 0.25) is 0 Å². The topological polar surface area (TPSA) is 43.9 Å². The van der Waals surface area contributed by atoms with Gasteiger partial charge in [-0.25, -0.2) is 10.0 Å². The summed E-state index contributed by atoms with van der Waals surface area (Å²) in [6, 6.07) is 0. The SMILES string of the molecule is CN1CC(=O)N(N2CCCCCC2)C(=O)C1. The van der Waals surface area contributed by atoms with Crippen molar-refractivity contribution >= 4 is 11.8 Å². The molecule has 16 heavy (non-hydrogen) atoms. The van der Waals surface area contributed by atoms with Crippen LogP contribution in [0.15, 0.2) is 0 Å². The van der Waals surface area contributed by atoms with E-state index in [0.29, 0.717) is 13.1 Å². The number of hydrogen-bond acceptors (Lipinski definition) is 4. The Kier molecular flexibility index (Phi) is 3.56. The first-order valence-electron chi connectivity index (χ1n) is 5.97. The number of hydrogen-bond donors (Lipinski definition) is 0. The minimum Gasteiger partial charge on any atom is -0.289 e. The van der Waals surface area contributed by atoms with Crippen LogP contribution in [0, 0.1) is 0 Å². The summed E-state index contributed by atoms with van der Waals surface area (Å²) in [6.07, 6.45) is 4.55. The first-order chi connectivity index (χ1) is 7.68. The molecule has 0 radical (unpaired) electrons. The second kappa shape index (κ2) is 4.93. The summed E-state index contributed by atoms with van der Waals surface area (Å²) < 4.78 is 0. The normalized spacial score (nSPS) is 25.9. The molecule has 2 aliphatic heterocycles. The molecule has 0 saturated carbocycles. The van der Waals surface area contributed by atoms with Crippen LogP contribution in [-0.4, -0.2) is 60.0 Å². The Labute approximate surface area is 95.9 Å². The van der Waals surface area contributed by atoms with Crippen molar-refractivity contribution in [1.29, 1.82) is 0 Å². The maximum absolute atomic E-state index is 11.8. The largest absolute Gasteiger partial charge is 0.289 e. The quantitative estimate of drug-likeness (QED) is 0.593. The van der Waals surface area contributed by atoms with Gasteiger partial charge in [0.15, 0.2) is 0 Å². The predicted octanol–water partition coefficient (Wildman–Crippen LogP) is 0.0780. The van der Waals surface area contributed by atoms with Gasteiger partial charge in [-0.1, -0.05) is 12.8 Å². The van der Waals surface area contributed by atoms with Gasteiger partial charge in [0, 0.05) is 13.1 Å². The van der Waals surface area contributed by atoms with E-state index < -0.39 is 0 Å². The number of imide groups is 1. The van der Waals surface area contributed by atoms with E-state index in [4.69, 9.17) is 0 Å². The van der Waals surface area contributed by atoms with E-state index in [9.17, 15) is 9.59 Å². The van der Waals surface area contributed by atoms with Crippen LogP contribution < -0.4 is 0 Å². The smallest absolute Gasteiger partial charge is 0.258 e. The number of carbonyl (C=O) groups excluding carboxylic acids is 2. The lowest BCUT2D eigenvalue weighted by Gasteiger charge is -2.37. The molecule has 2 fully saturated rings. The molecule has 5 nitrogen and oxygen atoms in total. The van der Waals surface area contributed by atoms with E-state index in [1.807, 2.05) is 5.01 Å². The standard InChI is InChI=1S/C11H19N3O2/c1-12-8-10(15)14(11(16)9-12)13-6-4-2-3-5-7-13/h2-9H2,1H3. The Bertz CT molecular complexity index is 267. The summed E-state index contributed by atoms with van der Waals surface area (Å²) in [6.45, 7) is 2.37. The van der Waals surface area contributed by atoms with Crippen LogP contribution in [0.5, 0.6) is 0 Å². The molecule has 0 aromatic heterocycles. The monoisotopic (exact) mass is 225 g/mol. The third-order valence-corrected chi connectivity index (χ3v) is 3.15. The van der Waals surface area contributed by atoms with E-state index in [2.05, 4.69) is 0 Å². The number of piperazine rings is 1. The van der Waals surface area contributed by atoms with E-state index in [1.165, 1.54) is 17.9 Å². The zero-order chi connectivity index (χ0) is 11.5. The summed E-state index contributed by atoms with van der Waals surface area (Å²) in [5.74, 6) is -0.165. The molecular formula is C11H19N3O2. The van der Waals surface area contributed by atoms with E-state index in [-0.39, 0.29) is 11.8 Å². The van der Waals surface area contributed by atoms with E-state index in [1.54, 1.807) is 11.9 Å². The van der Waals surface area contributed by atoms with Crippen LogP contribution in [-0.2, 0) is 9.59 Å². The minimum absolute atomic E-state index is 0.0827. The molecule has 90 valence electrons. The minimum atomic E-state index is -0.0827. The number of rotatable bonds is 1. The molecule has 0 aliphatic carbocycles. The maximum Gasteiger partial charge on any atom is 0.258 e. The zero-order valence-electron chi connectivity index (χ0n) is 9.81. The third kappa shape index (κ3) is 2.41. The summed E-state index contributed by atoms with van der Waals surface area (Å²) in [5, 5.41) is 3.32. The Morgan fingerprint density at radius 2 is 1.38 bits per heavy atom. The fourth-order valence-corrected chi connectivity index (χ4v) is 2.36. The molecule has 0 N–H and O–H groups in total. The van der Waals surface area contributed by atoms with Gasteiger partial charge in [0.25, 0.3) is 11.8 Å². The average Bonchev–Trinajstić information content (AvgIpc) is 2.44. The third-order valence-electron chi connectivity index (χ3n) is 3.15. The maximum atomic E-state index is 11.8. The molecule has 0 spiro atoms. The molecular weight excluding hydrogens is 206 g/mol. The van der Waals surface area contributed by atoms with Crippen LogP contribution in [0.4, 0.5) is 0 Å². The second-order valence-corrected chi connectivity index (χ2v) is 4.64. The van der Waals surface area contributed by atoms with Crippen LogP contribution in [0.3, 0.4) is 0 Å². The molecule has 0 aromatic carbocycles. The number of nitrogens with zero attached hydrogens (tertiary/aromatic N) is 3. The summed E-state index contributed by atoms with van der Waals surface area (Å²) in [7, 11) is 1.80. The van der Waals surface area contributed by atoms with Crippen LogP contribution in [0.2, 0.25) is 0 Å². The second-order valence-electron chi connectivity index (χ2n) is 4.64. The van der Waals surface area contributed by atoms with Crippen molar-refractivity contribution in [3.05, 3.63) is 0 Å². The lowest BCUT2D eigenvalue weighted by Crippen LogP contribution is -2.59. The van der Waals surface area contributed by atoms with Crippen molar-refractivity contribution < 1.29 is 9.59 Å². The highest BCUT2D eigenvalue weighted by Crippen LogP contribution is 2.14. The zero-order valence-corrected chi connectivity index (χ0v) is 9.81. The fraction of sp³-hybridized carbons (Fsp3) is 0.818. The van der Waals surface area contributed by atoms with E-state index >= 15 is 0 Å². The number of carbonyl (C=O) groups is 2. The molecule has 2 rings (SSSR count). The Balaban J connectivity index is 2.05. The first-order valence-corrected chi connectivity index (χ1v) is 5.97. The lowest BCUT2D eigenvalue weighted by atomic mass is 10.2. The van der Waals surface area contributed by atoms with Crippen molar-refractivity contribution in [3.8, 4) is 0 Å². The Morgan fingerprint density at radius 3 is 1.88 bits per heavy atom. The summed E-state index contributed by atoms with van der Waals surface area (Å²) in [5.41, 5.74) is 0. The van der Waals surface area contributed by atoms with Crippen molar-refractivity contribution in [2.75, 3.05) is 33.2 Å². The van der Waals surface area contributed by atoms with Gasteiger partial charge in [-0.2, -0.15) is 0 Å². The summed E-state index contributed by atoms with van der Waals surface area (Å²) >= 11 is 0. The molecule has 2 amide bonds. The van der Waals surface area contributed by atoms with Crippen molar-refractivity contribution in [2.24, 2.45) is 0 Å². The molecule has 0 atom stereocenters. The highest BCUT2D eigenvalue weighted by atomic mass is 16.2. The van der Waals surface area contributed by atoms with E-state index in [0.717, 1.165) is 25.9 Å². The highest BCUT2D eigenvalue weighted by molar-refractivity contribution is 5.98. The molecule has 0 aromatic rings. The highest BCUT2D eigenvalue weighted by Gasteiger charge is 2.33. The van der Waals surface area contributed by atoms with Crippen molar-refractivity contribution in [3.63, 3.8) is 0 Å². The Hall–Kier alpha value is -0.940.